The zero-order chi connectivity index (χ0) is 21.0. The van der Waals surface area contributed by atoms with E-state index in [9.17, 15) is 14.9 Å². The van der Waals surface area contributed by atoms with Crippen molar-refractivity contribution in [2.45, 2.75) is 13.2 Å². The number of nitrogens with one attached hydrogen (secondary N) is 1. The van der Waals surface area contributed by atoms with Crippen LogP contribution in [0, 0.1) is 10.1 Å². The number of hydrogen-bond donors (Lipinski definition) is 1. The summed E-state index contributed by atoms with van der Waals surface area (Å²) in [5, 5.41) is 17.9. The number of benzene rings is 2. The van der Waals surface area contributed by atoms with Crippen LogP contribution >= 0.6 is 27.5 Å². The Bertz CT molecular complexity index is 1030. The van der Waals surface area contributed by atoms with Gasteiger partial charge in [-0.25, -0.2) is 0 Å². The largest absolute Gasteiger partial charge is 0.487 e. The molecule has 0 aliphatic carbocycles. The number of aromatic nitrogens is 2. The molecular formula is C19H16BrClN4O4. The number of rotatable bonds is 7. The van der Waals surface area contributed by atoms with Gasteiger partial charge in [-0.3, -0.25) is 19.6 Å². The van der Waals surface area contributed by atoms with Crippen LogP contribution in [0.5, 0.6) is 5.75 Å². The average molecular weight is 480 g/mol. The molecule has 150 valence electrons. The summed E-state index contributed by atoms with van der Waals surface area (Å²) in [5.74, 6) is 0.143. The van der Waals surface area contributed by atoms with Gasteiger partial charge >= 0.3 is 0 Å². The van der Waals surface area contributed by atoms with Crippen LogP contribution in [-0.4, -0.2) is 20.6 Å². The topological polar surface area (TPSA) is 99.3 Å². The molecule has 29 heavy (non-hydrogen) atoms. The molecule has 0 atom stereocenters. The third-order valence-corrected chi connectivity index (χ3v) is 5.12. The van der Waals surface area contributed by atoms with Crippen LogP contribution in [0.15, 0.2) is 53.1 Å². The van der Waals surface area contributed by atoms with Gasteiger partial charge in [-0.05, 0) is 39.7 Å². The number of nitro groups is 1. The van der Waals surface area contributed by atoms with Crippen molar-refractivity contribution in [3.05, 3.63) is 85.1 Å². The number of amides is 1. The fraction of sp³-hybridized carbons (Fsp3) is 0.158. The maximum absolute atomic E-state index is 12.3. The van der Waals surface area contributed by atoms with Gasteiger partial charge in [0.2, 0.25) is 0 Å². The molecule has 0 aliphatic rings. The Balaban J connectivity index is 1.57. The number of aryl methyl sites for hydroxylation is 1. The lowest BCUT2D eigenvalue weighted by atomic mass is 10.1. The van der Waals surface area contributed by atoms with Gasteiger partial charge in [-0.1, -0.05) is 23.7 Å². The molecule has 8 nitrogen and oxygen atoms in total. The highest BCUT2D eigenvalue weighted by atomic mass is 79.9. The molecule has 0 radical (unpaired) electrons. The lowest BCUT2D eigenvalue weighted by molar-refractivity contribution is -0.384. The number of carbonyl (C=O) groups is 1. The molecule has 1 aromatic heterocycles. The second kappa shape index (κ2) is 9.06. The number of nitrogens with zero attached hydrogens (tertiary/aromatic N) is 3. The number of ether oxygens (including phenoxy) is 1. The van der Waals surface area contributed by atoms with E-state index in [2.05, 4.69) is 26.3 Å². The number of halogens is 2. The van der Waals surface area contributed by atoms with Crippen molar-refractivity contribution >= 4 is 39.1 Å². The first-order chi connectivity index (χ1) is 13.8. The molecule has 0 unspecified atom stereocenters. The van der Waals surface area contributed by atoms with Crippen LogP contribution in [0.25, 0.3) is 0 Å². The van der Waals surface area contributed by atoms with E-state index >= 15 is 0 Å². The summed E-state index contributed by atoms with van der Waals surface area (Å²) in [4.78, 5) is 22.5. The number of carbonyl (C=O) groups excluding carboxylic acids is 1. The smallest absolute Gasteiger partial charge is 0.271 e. The fourth-order valence-corrected chi connectivity index (χ4v) is 3.25. The van der Waals surface area contributed by atoms with E-state index in [1.807, 2.05) is 0 Å². The number of nitro benzene ring substituents is 1. The Morgan fingerprint density at radius 3 is 2.62 bits per heavy atom. The zero-order valence-electron chi connectivity index (χ0n) is 15.3. The zero-order valence-corrected chi connectivity index (χ0v) is 17.6. The third-order valence-electron chi connectivity index (χ3n) is 4.16. The molecule has 0 bridgehead atoms. The van der Waals surface area contributed by atoms with Gasteiger partial charge in [-0.15, -0.1) is 0 Å². The molecule has 1 heterocycles. The Hall–Kier alpha value is -2.91. The SMILES string of the molecule is Cn1ncc(Br)c1CNC(=O)c1ccc(COc2ccc([N+](=O)[O-])cc2Cl)cc1. The predicted octanol–water partition coefficient (Wildman–Crippen LogP) is 4.25. The summed E-state index contributed by atoms with van der Waals surface area (Å²) in [7, 11) is 1.80. The molecule has 2 aromatic carbocycles. The van der Waals surface area contributed by atoms with E-state index in [1.54, 1.807) is 42.2 Å². The Labute approximate surface area is 179 Å². The highest BCUT2D eigenvalue weighted by Gasteiger charge is 2.12. The molecule has 0 spiro atoms. The average Bonchev–Trinajstić information content (AvgIpc) is 3.03. The molecule has 0 fully saturated rings. The predicted molar refractivity (Wildman–Crippen MR) is 111 cm³/mol. The Morgan fingerprint density at radius 1 is 1.31 bits per heavy atom. The minimum atomic E-state index is -0.521. The minimum Gasteiger partial charge on any atom is -0.487 e. The highest BCUT2D eigenvalue weighted by Crippen LogP contribution is 2.29. The second-order valence-corrected chi connectivity index (χ2v) is 7.36. The maximum atomic E-state index is 12.3. The molecule has 3 rings (SSSR count). The Kier molecular flexibility index (Phi) is 6.50. The second-order valence-electron chi connectivity index (χ2n) is 6.10. The van der Waals surface area contributed by atoms with Crippen molar-refractivity contribution in [2.24, 2.45) is 7.05 Å². The number of hydrogen-bond acceptors (Lipinski definition) is 5. The van der Waals surface area contributed by atoms with Gasteiger partial charge < -0.3 is 10.1 Å². The summed E-state index contributed by atoms with van der Waals surface area (Å²) in [6.07, 6.45) is 1.67. The lowest BCUT2D eigenvalue weighted by Crippen LogP contribution is -2.24. The van der Waals surface area contributed by atoms with Crippen molar-refractivity contribution in [3.63, 3.8) is 0 Å². The standard InChI is InChI=1S/C19H16BrClN4O4/c1-24-17(15(20)9-23-24)10-22-19(26)13-4-2-12(3-5-13)11-29-18-7-6-14(25(27)28)8-16(18)21/h2-9H,10-11H2,1H3,(H,22,26). The minimum absolute atomic E-state index is 0.101. The Morgan fingerprint density at radius 2 is 2.03 bits per heavy atom. The van der Waals surface area contributed by atoms with Crippen molar-refractivity contribution in [3.8, 4) is 5.75 Å². The quantitative estimate of drug-likeness (QED) is 0.403. The first kappa shape index (κ1) is 20.8. The van der Waals surface area contributed by atoms with Gasteiger partial charge in [0.1, 0.15) is 12.4 Å². The van der Waals surface area contributed by atoms with E-state index < -0.39 is 4.92 Å². The molecule has 1 amide bonds. The van der Waals surface area contributed by atoms with Crippen LogP contribution in [0.2, 0.25) is 5.02 Å². The normalized spacial score (nSPS) is 10.6. The van der Waals surface area contributed by atoms with E-state index in [-0.39, 0.29) is 23.2 Å². The molecule has 0 aliphatic heterocycles. The summed E-state index contributed by atoms with van der Waals surface area (Å²) in [5.41, 5.74) is 2.10. The van der Waals surface area contributed by atoms with Gasteiger partial charge in [-0.2, -0.15) is 5.10 Å². The van der Waals surface area contributed by atoms with Gasteiger partial charge in [0.15, 0.2) is 0 Å². The van der Waals surface area contributed by atoms with E-state index in [4.69, 9.17) is 16.3 Å². The fourth-order valence-electron chi connectivity index (χ4n) is 2.53. The molecule has 3 aromatic rings. The van der Waals surface area contributed by atoms with Gasteiger partial charge in [0, 0.05) is 24.7 Å². The van der Waals surface area contributed by atoms with Crippen LogP contribution < -0.4 is 10.1 Å². The first-order valence-corrected chi connectivity index (χ1v) is 9.62. The monoisotopic (exact) mass is 478 g/mol. The molecular weight excluding hydrogens is 464 g/mol. The summed E-state index contributed by atoms with van der Waals surface area (Å²) in [6, 6.07) is 11.0. The summed E-state index contributed by atoms with van der Waals surface area (Å²) >= 11 is 9.41. The van der Waals surface area contributed by atoms with Crippen LogP contribution in [-0.2, 0) is 20.2 Å². The lowest BCUT2D eigenvalue weighted by Gasteiger charge is -2.09. The van der Waals surface area contributed by atoms with Crippen molar-refractivity contribution in [2.75, 3.05) is 0 Å². The number of non-ortho nitro benzene ring substituents is 1. The van der Waals surface area contributed by atoms with E-state index in [1.165, 1.54) is 18.2 Å². The van der Waals surface area contributed by atoms with E-state index in [0.717, 1.165) is 15.7 Å². The van der Waals surface area contributed by atoms with Crippen molar-refractivity contribution < 1.29 is 14.5 Å². The summed E-state index contributed by atoms with van der Waals surface area (Å²) < 4.78 is 8.13. The van der Waals surface area contributed by atoms with Gasteiger partial charge in [0.25, 0.3) is 11.6 Å². The molecule has 1 N–H and O–H groups in total. The van der Waals surface area contributed by atoms with Crippen LogP contribution in [0.3, 0.4) is 0 Å². The van der Waals surface area contributed by atoms with Gasteiger partial charge in [0.05, 0.1) is 32.9 Å². The van der Waals surface area contributed by atoms with Crippen molar-refractivity contribution in [1.82, 2.24) is 15.1 Å². The van der Waals surface area contributed by atoms with E-state index in [0.29, 0.717) is 17.9 Å². The van der Waals surface area contributed by atoms with Crippen LogP contribution in [0.4, 0.5) is 5.69 Å². The van der Waals surface area contributed by atoms with Crippen LogP contribution in [0.1, 0.15) is 21.6 Å². The third kappa shape index (κ3) is 5.12. The molecule has 0 saturated carbocycles. The highest BCUT2D eigenvalue weighted by molar-refractivity contribution is 9.10. The molecule has 0 saturated heterocycles. The van der Waals surface area contributed by atoms with Crippen molar-refractivity contribution in [1.29, 1.82) is 0 Å². The molecule has 10 heteroatoms. The maximum Gasteiger partial charge on any atom is 0.271 e. The first-order valence-electron chi connectivity index (χ1n) is 8.45. The summed E-state index contributed by atoms with van der Waals surface area (Å²) in [6.45, 7) is 0.556.